The Bertz CT molecular complexity index is 864. The Hall–Kier alpha value is -2.90. The first-order chi connectivity index (χ1) is 14.6. The van der Waals surface area contributed by atoms with E-state index < -0.39 is 0 Å². The second kappa shape index (κ2) is 10.8. The van der Waals surface area contributed by atoms with Gasteiger partial charge in [-0.1, -0.05) is 12.1 Å². The van der Waals surface area contributed by atoms with Crippen molar-refractivity contribution in [2.75, 3.05) is 47.1 Å². The largest absolute Gasteiger partial charge is 0.497 e. The van der Waals surface area contributed by atoms with Gasteiger partial charge in [0.15, 0.2) is 0 Å². The summed E-state index contributed by atoms with van der Waals surface area (Å²) in [6.45, 7) is 3.20. The molecule has 1 fully saturated rings. The molecular weight excluding hydrogens is 387 g/mol. The molecule has 0 aromatic heterocycles. The van der Waals surface area contributed by atoms with Crippen LogP contribution < -0.4 is 14.8 Å². The average Bonchev–Trinajstić information content (AvgIpc) is 2.79. The number of morpholine rings is 1. The highest BCUT2D eigenvalue weighted by Crippen LogP contribution is 2.25. The van der Waals surface area contributed by atoms with E-state index in [0.717, 1.165) is 24.2 Å². The number of amides is 1. The summed E-state index contributed by atoms with van der Waals surface area (Å²) in [6, 6.07) is 11.7. The van der Waals surface area contributed by atoms with Gasteiger partial charge >= 0.3 is 0 Å². The van der Waals surface area contributed by atoms with Crippen LogP contribution in [0.25, 0.3) is 6.08 Å². The smallest absolute Gasteiger partial charge is 0.244 e. The number of hydrogen-bond donors (Lipinski definition) is 1. The van der Waals surface area contributed by atoms with E-state index in [2.05, 4.69) is 10.2 Å². The molecule has 1 unspecified atom stereocenters. The summed E-state index contributed by atoms with van der Waals surface area (Å²) in [6.07, 6.45) is 3.16. The molecule has 1 saturated heterocycles. The van der Waals surface area contributed by atoms with Gasteiger partial charge in [0.05, 0.1) is 33.5 Å². The topological polar surface area (TPSA) is 60.0 Å². The van der Waals surface area contributed by atoms with Crippen LogP contribution in [0, 0.1) is 5.82 Å². The van der Waals surface area contributed by atoms with E-state index in [-0.39, 0.29) is 17.8 Å². The monoisotopic (exact) mass is 414 g/mol. The van der Waals surface area contributed by atoms with Crippen LogP contribution in [0.2, 0.25) is 0 Å². The lowest BCUT2D eigenvalue weighted by Gasteiger charge is -2.34. The van der Waals surface area contributed by atoms with Gasteiger partial charge in [0.1, 0.15) is 17.3 Å². The van der Waals surface area contributed by atoms with Gasteiger partial charge in [-0.3, -0.25) is 9.69 Å². The van der Waals surface area contributed by atoms with E-state index in [1.807, 2.05) is 0 Å². The van der Waals surface area contributed by atoms with E-state index in [1.165, 1.54) is 18.2 Å². The molecule has 0 radical (unpaired) electrons. The summed E-state index contributed by atoms with van der Waals surface area (Å²) in [7, 11) is 3.16. The third-order valence-corrected chi connectivity index (χ3v) is 5.06. The Labute approximate surface area is 176 Å². The van der Waals surface area contributed by atoms with Gasteiger partial charge in [-0.05, 0) is 42.0 Å². The first-order valence-corrected chi connectivity index (χ1v) is 9.86. The summed E-state index contributed by atoms with van der Waals surface area (Å²) in [5.74, 6) is 0.829. The van der Waals surface area contributed by atoms with Crippen molar-refractivity contribution in [1.29, 1.82) is 0 Å². The zero-order valence-corrected chi connectivity index (χ0v) is 17.3. The molecule has 1 atom stereocenters. The molecule has 160 valence electrons. The average molecular weight is 414 g/mol. The van der Waals surface area contributed by atoms with Gasteiger partial charge in [0, 0.05) is 31.3 Å². The van der Waals surface area contributed by atoms with Crippen LogP contribution in [0.4, 0.5) is 4.39 Å². The molecule has 2 aromatic carbocycles. The van der Waals surface area contributed by atoms with Crippen molar-refractivity contribution in [3.8, 4) is 11.5 Å². The summed E-state index contributed by atoms with van der Waals surface area (Å²) >= 11 is 0. The zero-order valence-electron chi connectivity index (χ0n) is 17.3. The number of rotatable bonds is 8. The quantitative estimate of drug-likeness (QED) is 0.673. The number of ether oxygens (including phenoxy) is 3. The van der Waals surface area contributed by atoms with Crippen LogP contribution in [-0.2, 0) is 9.53 Å². The fraction of sp³-hybridized carbons (Fsp3) is 0.348. The van der Waals surface area contributed by atoms with Crippen LogP contribution >= 0.6 is 0 Å². The summed E-state index contributed by atoms with van der Waals surface area (Å²) < 4.78 is 29.4. The Morgan fingerprint density at radius 1 is 1.17 bits per heavy atom. The fourth-order valence-corrected chi connectivity index (χ4v) is 3.42. The zero-order chi connectivity index (χ0) is 21.3. The van der Waals surface area contributed by atoms with Crippen molar-refractivity contribution in [3.05, 3.63) is 65.5 Å². The van der Waals surface area contributed by atoms with Crippen LogP contribution in [0.15, 0.2) is 48.5 Å². The maximum Gasteiger partial charge on any atom is 0.244 e. The number of benzene rings is 2. The summed E-state index contributed by atoms with van der Waals surface area (Å²) in [4.78, 5) is 14.7. The molecule has 1 N–H and O–H groups in total. The Morgan fingerprint density at radius 3 is 2.57 bits per heavy atom. The predicted molar refractivity (Wildman–Crippen MR) is 113 cm³/mol. The fourth-order valence-electron chi connectivity index (χ4n) is 3.42. The number of nitrogens with one attached hydrogen (secondary N) is 1. The van der Waals surface area contributed by atoms with E-state index in [4.69, 9.17) is 14.2 Å². The number of carbonyl (C=O) groups is 1. The second-order valence-electron chi connectivity index (χ2n) is 6.90. The predicted octanol–water partition coefficient (Wildman–Crippen LogP) is 3.05. The molecular formula is C23H27FN2O4. The summed E-state index contributed by atoms with van der Waals surface area (Å²) in [5.41, 5.74) is 1.70. The molecule has 0 spiro atoms. The first kappa shape index (κ1) is 21.8. The van der Waals surface area contributed by atoms with Crippen molar-refractivity contribution in [3.63, 3.8) is 0 Å². The highest BCUT2D eigenvalue weighted by molar-refractivity contribution is 5.92. The molecule has 1 amide bonds. The van der Waals surface area contributed by atoms with Crippen LogP contribution in [0.1, 0.15) is 17.2 Å². The standard InChI is InChI=1S/C23H27FN2O4/c1-28-20-8-9-22(29-2)18(15-20)5-10-23(27)25-16-21(26-11-13-30-14-12-26)17-3-6-19(24)7-4-17/h3-10,15,21H,11-14,16H2,1-2H3,(H,25,27)/b10-5+. The van der Waals surface area contributed by atoms with Gasteiger partial charge in [-0.25, -0.2) is 4.39 Å². The van der Waals surface area contributed by atoms with Crippen molar-refractivity contribution in [1.82, 2.24) is 10.2 Å². The minimum atomic E-state index is -0.279. The van der Waals surface area contributed by atoms with Crippen LogP contribution in [0.3, 0.4) is 0 Å². The van der Waals surface area contributed by atoms with Crippen molar-refractivity contribution < 1.29 is 23.4 Å². The third-order valence-electron chi connectivity index (χ3n) is 5.06. The Balaban J connectivity index is 1.68. The molecule has 2 aromatic rings. The second-order valence-corrected chi connectivity index (χ2v) is 6.90. The molecule has 0 saturated carbocycles. The molecule has 30 heavy (non-hydrogen) atoms. The molecule has 7 heteroatoms. The van der Waals surface area contributed by atoms with Gasteiger partial charge < -0.3 is 19.5 Å². The maximum atomic E-state index is 13.4. The molecule has 6 nitrogen and oxygen atoms in total. The van der Waals surface area contributed by atoms with Crippen molar-refractivity contribution >= 4 is 12.0 Å². The molecule has 0 bridgehead atoms. The highest BCUT2D eigenvalue weighted by atomic mass is 19.1. The lowest BCUT2D eigenvalue weighted by atomic mass is 10.0. The van der Waals surface area contributed by atoms with Gasteiger partial charge in [0.25, 0.3) is 0 Å². The maximum absolute atomic E-state index is 13.4. The Kier molecular flexibility index (Phi) is 7.82. The van der Waals surface area contributed by atoms with Crippen LogP contribution in [0.5, 0.6) is 11.5 Å². The van der Waals surface area contributed by atoms with E-state index in [0.29, 0.717) is 31.3 Å². The number of halogens is 1. The molecule has 0 aliphatic carbocycles. The molecule has 1 heterocycles. The van der Waals surface area contributed by atoms with E-state index in [9.17, 15) is 9.18 Å². The van der Waals surface area contributed by atoms with Crippen LogP contribution in [-0.4, -0.2) is 57.9 Å². The number of hydrogen-bond acceptors (Lipinski definition) is 5. The summed E-state index contributed by atoms with van der Waals surface area (Å²) in [5, 5.41) is 2.96. The molecule has 1 aliphatic rings. The lowest BCUT2D eigenvalue weighted by Crippen LogP contribution is -2.43. The van der Waals surface area contributed by atoms with Gasteiger partial charge in [0.2, 0.25) is 5.91 Å². The minimum absolute atomic E-state index is 0.0572. The first-order valence-electron chi connectivity index (χ1n) is 9.86. The van der Waals surface area contributed by atoms with E-state index in [1.54, 1.807) is 50.6 Å². The van der Waals surface area contributed by atoms with Crippen molar-refractivity contribution in [2.45, 2.75) is 6.04 Å². The highest BCUT2D eigenvalue weighted by Gasteiger charge is 2.23. The van der Waals surface area contributed by atoms with Gasteiger partial charge in [-0.2, -0.15) is 0 Å². The number of carbonyl (C=O) groups excluding carboxylic acids is 1. The third kappa shape index (κ3) is 5.81. The SMILES string of the molecule is COc1ccc(OC)c(/C=C/C(=O)NCC(c2ccc(F)cc2)N2CCOCC2)c1. The molecule has 1 aliphatic heterocycles. The number of nitrogens with zero attached hydrogens (tertiary/aromatic N) is 1. The minimum Gasteiger partial charge on any atom is -0.497 e. The lowest BCUT2D eigenvalue weighted by molar-refractivity contribution is -0.116. The van der Waals surface area contributed by atoms with Gasteiger partial charge in [-0.15, -0.1) is 0 Å². The van der Waals surface area contributed by atoms with E-state index >= 15 is 0 Å². The number of methoxy groups -OCH3 is 2. The normalized spacial score (nSPS) is 15.7. The Morgan fingerprint density at radius 2 is 1.90 bits per heavy atom. The van der Waals surface area contributed by atoms with Crippen molar-refractivity contribution in [2.24, 2.45) is 0 Å². The molecule has 3 rings (SSSR count).